The highest BCUT2D eigenvalue weighted by molar-refractivity contribution is 6.35. The topological polar surface area (TPSA) is 57.9 Å². The van der Waals surface area contributed by atoms with E-state index in [0.29, 0.717) is 10.6 Å². The summed E-state index contributed by atoms with van der Waals surface area (Å²) in [7, 11) is 0. The van der Waals surface area contributed by atoms with Gasteiger partial charge in [-0.25, -0.2) is 0 Å². The molecule has 0 atom stereocenters. The lowest BCUT2D eigenvalue weighted by Crippen LogP contribution is -2.06. The van der Waals surface area contributed by atoms with Gasteiger partial charge in [0.1, 0.15) is 0 Å². The quantitative estimate of drug-likeness (QED) is 0.804. The van der Waals surface area contributed by atoms with E-state index in [4.69, 9.17) is 16.9 Å². The number of carbonyl (C=O) groups excluding carboxylic acids is 2. The van der Waals surface area contributed by atoms with Gasteiger partial charge in [-0.05, 0) is 30.3 Å². The predicted octanol–water partition coefficient (Wildman–Crippen LogP) is 2.90. The third-order valence-electron chi connectivity index (χ3n) is 2.62. The number of benzene rings is 2. The van der Waals surface area contributed by atoms with Crippen molar-refractivity contribution < 1.29 is 9.59 Å². The van der Waals surface area contributed by atoms with Gasteiger partial charge in [-0.15, -0.1) is 0 Å². The summed E-state index contributed by atoms with van der Waals surface area (Å²) in [6.45, 7) is 0. The number of ketones is 1. The zero-order valence-corrected chi connectivity index (χ0v) is 10.4. The van der Waals surface area contributed by atoms with Crippen LogP contribution in [0.4, 0.5) is 0 Å². The maximum atomic E-state index is 12.3. The van der Waals surface area contributed by atoms with E-state index in [1.165, 1.54) is 18.2 Å². The number of halogens is 1. The van der Waals surface area contributed by atoms with Gasteiger partial charge in [-0.2, -0.15) is 5.26 Å². The molecule has 0 fully saturated rings. The first kappa shape index (κ1) is 13.0. The van der Waals surface area contributed by atoms with Crippen LogP contribution >= 0.6 is 11.6 Å². The van der Waals surface area contributed by atoms with Gasteiger partial charge in [0.05, 0.1) is 16.7 Å². The van der Waals surface area contributed by atoms with Gasteiger partial charge in [0.2, 0.25) is 6.29 Å². The first-order valence-electron chi connectivity index (χ1n) is 5.39. The lowest BCUT2D eigenvalue weighted by atomic mass is 9.97. The molecule has 0 saturated carbocycles. The molecule has 1 radical (unpaired) electrons. The molecule has 0 aliphatic carbocycles. The molecule has 4 heteroatoms. The van der Waals surface area contributed by atoms with Crippen molar-refractivity contribution in [2.24, 2.45) is 0 Å². The monoisotopic (exact) mass is 268 g/mol. The fourth-order valence-electron chi connectivity index (χ4n) is 1.68. The maximum Gasteiger partial charge on any atom is 0.234 e. The van der Waals surface area contributed by atoms with Crippen LogP contribution in [-0.4, -0.2) is 12.1 Å². The Morgan fingerprint density at radius 3 is 2.47 bits per heavy atom. The van der Waals surface area contributed by atoms with Crippen LogP contribution in [0.25, 0.3) is 0 Å². The predicted molar refractivity (Wildman–Crippen MR) is 70.8 cm³/mol. The second kappa shape index (κ2) is 5.47. The van der Waals surface area contributed by atoms with E-state index >= 15 is 0 Å². The summed E-state index contributed by atoms with van der Waals surface area (Å²) in [4.78, 5) is 23.2. The first-order chi connectivity index (χ1) is 9.17. The van der Waals surface area contributed by atoms with Crippen LogP contribution in [0.1, 0.15) is 27.0 Å². The Hall–Kier alpha value is -2.44. The van der Waals surface area contributed by atoms with Gasteiger partial charge >= 0.3 is 0 Å². The average molecular weight is 269 g/mol. The summed E-state index contributed by atoms with van der Waals surface area (Å²) in [5.41, 5.74) is 0.830. The summed E-state index contributed by atoms with van der Waals surface area (Å²) in [6, 6.07) is 12.7. The van der Waals surface area contributed by atoms with Crippen LogP contribution in [0.5, 0.6) is 0 Å². The fraction of sp³-hybridized carbons (Fsp3) is 0. The Morgan fingerprint density at radius 2 is 1.84 bits per heavy atom. The zero-order valence-electron chi connectivity index (χ0n) is 9.68. The molecule has 0 aromatic heterocycles. The highest BCUT2D eigenvalue weighted by Crippen LogP contribution is 2.21. The molecule has 2 aromatic carbocycles. The van der Waals surface area contributed by atoms with E-state index < -0.39 is 5.78 Å². The van der Waals surface area contributed by atoms with E-state index in [9.17, 15) is 9.59 Å². The van der Waals surface area contributed by atoms with Gasteiger partial charge in [0, 0.05) is 16.7 Å². The fourth-order valence-corrected chi connectivity index (χ4v) is 1.90. The van der Waals surface area contributed by atoms with E-state index in [1.807, 2.05) is 6.07 Å². The van der Waals surface area contributed by atoms with Gasteiger partial charge in [0.15, 0.2) is 5.78 Å². The van der Waals surface area contributed by atoms with E-state index in [1.54, 1.807) is 30.6 Å². The molecule has 19 heavy (non-hydrogen) atoms. The Kier molecular flexibility index (Phi) is 3.74. The third kappa shape index (κ3) is 2.54. The molecule has 2 aromatic rings. The Balaban J connectivity index is 2.59. The summed E-state index contributed by atoms with van der Waals surface area (Å²) in [5.74, 6) is -0.402. The minimum atomic E-state index is -0.402. The highest BCUT2D eigenvalue weighted by Gasteiger charge is 2.16. The first-order valence-corrected chi connectivity index (χ1v) is 5.76. The Labute approximate surface area is 115 Å². The molecule has 0 heterocycles. The summed E-state index contributed by atoms with van der Waals surface area (Å²) < 4.78 is 0. The number of hydrogen-bond acceptors (Lipinski definition) is 3. The van der Waals surface area contributed by atoms with Crippen LogP contribution in [0, 0.1) is 11.3 Å². The molecule has 0 spiro atoms. The van der Waals surface area contributed by atoms with Gasteiger partial charge in [-0.1, -0.05) is 23.7 Å². The van der Waals surface area contributed by atoms with Crippen molar-refractivity contribution in [3.05, 3.63) is 69.7 Å². The third-order valence-corrected chi connectivity index (χ3v) is 2.95. The van der Waals surface area contributed by atoms with Crippen LogP contribution in [0.15, 0.2) is 42.5 Å². The minimum Gasteiger partial charge on any atom is -0.289 e. The lowest BCUT2D eigenvalue weighted by Gasteiger charge is -2.06. The largest absolute Gasteiger partial charge is 0.289 e. The second-order valence-corrected chi connectivity index (χ2v) is 4.19. The molecule has 91 valence electrons. The smallest absolute Gasteiger partial charge is 0.234 e. The number of hydrogen-bond donors (Lipinski definition) is 0. The molecule has 0 aliphatic heterocycles. The standard InChI is InChI=1S/C15H7ClNO2/c16-14-4-2-1-3-12(14)15(19)13-7-10(8-17)5-6-11(13)9-18/h1-7H. The Bertz CT molecular complexity index is 702. The zero-order chi connectivity index (χ0) is 13.8. The SMILES string of the molecule is N#Cc1ccc([C]=O)c(C(=O)c2ccccc2Cl)c1. The van der Waals surface area contributed by atoms with Crippen LogP contribution in [0.3, 0.4) is 0 Å². The van der Waals surface area contributed by atoms with Gasteiger partial charge in [-0.3, -0.25) is 9.59 Å². The summed E-state index contributed by atoms with van der Waals surface area (Å²) in [6.07, 6.45) is 1.69. The van der Waals surface area contributed by atoms with E-state index in [0.717, 1.165) is 0 Å². The number of carbonyl (C=O) groups is 1. The van der Waals surface area contributed by atoms with Crippen molar-refractivity contribution in [2.45, 2.75) is 0 Å². The maximum absolute atomic E-state index is 12.3. The van der Waals surface area contributed by atoms with E-state index in [2.05, 4.69) is 0 Å². The molecule has 0 amide bonds. The second-order valence-electron chi connectivity index (χ2n) is 3.78. The van der Waals surface area contributed by atoms with Crippen molar-refractivity contribution in [1.29, 1.82) is 5.26 Å². The van der Waals surface area contributed by atoms with Gasteiger partial charge in [0.25, 0.3) is 0 Å². The molecule has 0 N–H and O–H groups in total. The average Bonchev–Trinajstić information content (AvgIpc) is 2.46. The Morgan fingerprint density at radius 1 is 1.11 bits per heavy atom. The number of nitriles is 1. The van der Waals surface area contributed by atoms with Crippen molar-refractivity contribution in [2.75, 3.05) is 0 Å². The molecule has 0 saturated heterocycles. The van der Waals surface area contributed by atoms with Crippen molar-refractivity contribution in [1.82, 2.24) is 0 Å². The molecular formula is C15H7ClNO2. The minimum absolute atomic E-state index is 0.115. The molecule has 0 aliphatic rings. The molecule has 3 nitrogen and oxygen atoms in total. The van der Waals surface area contributed by atoms with Crippen molar-refractivity contribution in [3.8, 4) is 6.07 Å². The van der Waals surface area contributed by atoms with Crippen molar-refractivity contribution in [3.63, 3.8) is 0 Å². The number of rotatable bonds is 3. The number of nitrogens with zero attached hydrogens (tertiary/aromatic N) is 1. The van der Waals surface area contributed by atoms with Gasteiger partial charge < -0.3 is 0 Å². The molecular weight excluding hydrogens is 262 g/mol. The normalized spacial score (nSPS) is 9.68. The molecule has 0 unspecified atom stereocenters. The highest BCUT2D eigenvalue weighted by atomic mass is 35.5. The van der Waals surface area contributed by atoms with Crippen LogP contribution < -0.4 is 0 Å². The lowest BCUT2D eigenvalue weighted by molar-refractivity contribution is 0.103. The van der Waals surface area contributed by atoms with Crippen LogP contribution in [-0.2, 0) is 4.79 Å². The van der Waals surface area contributed by atoms with E-state index in [-0.39, 0.29) is 16.7 Å². The van der Waals surface area contributed by atoms with Crippen molar-refractivity contribution >= 4 is 23.7 Å². The summed E-state index contributed by atoms with van der Waals surface area (Å²) in [5, 5.41) is 9.14. The molecule has 0 bridgehead atoms. The molecule has 2 rings (SSSR count). The summed E-state index contributed by atoms with van der Waals surface area (Å²) >= 11 is 5.95. The van der Waals surface area contributed by atoms with Crippen LogP contribution in [0.2, 0.25) is 5.02 Å².